The molecule has 1 aromatic carbocycles. The number of ether oxygens (including phenoxy) is 1. The molecule has 1 aliphatic heterocycles. The first-order valence-corrected chi connectivity index (χ1v) is 8.98. The highest BCUT2D eigenvalue weighted by atomic mass is 16.5. The smallest absolute Gasteiger partial charge is 0.310 e. The summed E-state index contributed by atoms with van der Waals surface area (Å²) in [5, 5.41) is 0.971. The number of benzene rings is 1. The number of amides is 2. The zero-order valence-electron chi connectivity index (χ0n) is 15.2. The number of carbonyl (C=O) groups is 3. The van der Waals surface area contributed by atoms with Crippen molar-refractivity contribution in [2.75, 3.05) is 7.05 Å². The van der Waals surface area contributed by atoms with Crippen LogP contribution in [0.25, 0.3) is 10.9 Å². The molecule has 2 aliphatic rings. The molecule has 0 spiro atoms. The molecule has 0 N–H and O–H groups in total. The molecule has 6 heteroatoms. The van der Waals surface area contributed by atoms with Crippen LogP contribution in [0, 0.1) is 23.7 Å². The largest absolute Gasteiger partial charge is 0.460 e. The summed E-state index contributed by atoms with van der Waals surface area (Å²) in [4.78, 5) is 43.1. The summed E-state index contributed by atoms with van der Waals surface area (Å²) < 4.78 is 5.58. The molecule has 0 bridgehead atoms. The number of esters is 1. The summed E-state index contributed by atoms with van der Waals surface area (Å²) in [5.74, 6) is -3.11. The molecule has 2 heterocycles. The quantitative estimate of drug-likeness (QED) is 0.475. The molecule has 0 saturated carbocycles. The molecule has 0 unspecified atom stereocenters. The molecule has 138 valence electrons. The van der Waals surface area contributed by atoms with Gasteiger partial charge >= 0.3 is 5.97 Å². The molecular weight excluding hydrogens is 344 g/mol. The number of fused-ring (bicyclic) bond motifs is 2. The molecule has 1 fully saturated rings. The van der Waals surface area contributed by atoms with Gasteiger partial charge in [-0.3, -0.25) is 24.3 Å². The lowest BCUT2D eigenvalue weighted by Crippen LogP contribution is -2.39. The highest BCUT2D eigenvalue weighted by molar-refractivity contribution is 6.07. The summed E-state index contributed by atoms with van der Waals surface area (Å²) in [6.07, 6.45) is 5.28. The van der Waals surface area contributed by atoms with E-state index in [2.05, 4.69) is 4.98 Å². The molecule has 2 aromatic rings. The maximum absolute atomic E-state index is 12.9. The van der Waals surface area contributed by atoms with E-state index in [1.54, 1.807) is 12.3 Å². The van der Waals surface area contributed by atoms with Gasteiger partial charge in [-0.25, -0.2) is 0 Å². The number of hydrogen-bond donors (Lipinski definition) is 0. The van der Waals surface area contributed by atoms with E-state index in [0.29, 0.717) is 0 Å². The van der Waals surface area contributed by atoms with Crippen LogP contribution in [-0.4, -0.2) is 34.7 Å². The van der Waals surface area contributed by atoms with Gasteiger partial charge in [0.05, 0.1) is 23.3 Å². The van der Waals surface area contributed by atoms with E-state index in [1.165, 1.54) is 7.05 Å². The molecule has 6 nitrogen and oxygen atoms in total. The second-order valence-electron chi connectivity index (χ2n) is 7.16. The van der Waals surface area contributed by atoms with Crippen LogP contribution in [0.15, 0.2) is 48.7 Å². The van der Waals surface area contributed by atoms with Crippen LogP contribution >= 0.6 is 0 Å². The minimum absolute atomic E-state index is 0.0789. The summed E-state index contributed by atoms with van der Waals surface area (Å²) in [6.45, 7) is 1.95. The third-order valence-electron chi connectivity index (χ3n) is 5.55. The molecule has 2 amide bonds. The highest BCUT2D eigenvalue weighted by Crippen LogP contribution is 2.41. The summed E-state index contributed by atoms with van der Waals surface area (Å²) in [6, 6.07) is 9.51. The SMILES string of the molecule is C[C@@H]1C=C[C@@H]2C(=O)N(C)C(=O)[C@H]2[C@H]1C(=O)OCc1cccc2cccnc12. The average molecular weight is 364 g/mol. The average Bonchev–Trinajstić information content (AvgIpc) is 2.90. The molecule has 27 heavy (non-hydrogen) atoms. The molecule has 1 aliphatic carbocycles. The number of carbonyl (C=O) groups excluding carboxylic acids is 3. The van der Waals surface area contributed by atoms with Gasteiger partial charge < -0.3 is 4.74 Å². The van der Waals surface area contributed by atoms with Gasteiger partial charge in [0.25, 0.3) is 0 Å². The Labute approximate surface area is 156 Å². The normalized spacial score (nSPS) is 27.1. The minimum atomic E-state index is -0.680. The summed E-state index contributed by atoms with van der Waals surface area (Å²) in [7, 11) is 1.46. The van der Waals surface area contributed by atoms with Crippen LogP contribution in [0.1, 0.15) is 12.5 Å². The molecule has 4 atom stereocenters. The fraction of sp³-hybridized carbons (Fsp3) is 0.333. The van der Waals surface area contributed by atoms with Gasteiger partial charge in [0.15, 0.2) is 0 Å². The number of para-hydroxylation sites is 1. The first-order chi connectivity index (χ1) is 13.0. The Morgan fingerprint density at radius 1 is 1.15 bits per heavy atom. The third-order valence-corrected chi connectivity index (χ3v) is 5.55. The van der Waals surface area contributed by atoms with E-state index in [4.69, 9.17) is 4.74 Å². The lowest BCUT2D eigenvalue weighted by atomic mass is 9.72. The van der Waals surface area contributed by atoms with Crippen molar-refractivity contribution in [3.05, 3.63) is 54.2 Å². The highest BCUT2D eigenvalue weighted by Gasteiger charge is 2.53. The monoisotopic (exact) mass is 364 g/mol. The first kappa shape index (κ1) is 17.4. The van der Waals surface area contributed by atoms with Gasteiger partial charge in [-0.05, 0) is 12.0 Å². The van der Waals surface area contributed by atoms with Crippen LogP contribution in [0.5, 0.6) is 0 Å². The van der Waals surface area contributed by atoms with Crippen molar-refractivity contribution in [2.24, 2.45) is 23.7 Å². The number of hydrogen-bond acceptors (Lipinski definition) is 5. The van der Waals surface area contributed by atoms with Crippen molar-refractivity contribution in [3.8, 4) is 0 Å². The molecule has 0 radical (unpaired) electrons. The predicted molar refractivity (Wildman–Crippen MR) is 98.1 cm³/mol. The van der Waals surface area contributed by atoms with Crippen molar-refractivity contribution in [2.45, 2.75) is 13.5 Å². The molecule has 1 saturated heterocycles. The van der Waals surface area contributed by atoms with Crippen molar-refractivity contribution in [1.29, 1.82) is 0 Å². The van der Waals surface area contributed by atoms with Crippen LogP contribution in [-0.2, 0) is 25.7 Å². The van der Waals surface area contributed by atoms with Gasteiger partial charge in [0, 0.05) is 24.2 Å². The number of aromatic nitrogens is 1. The van der Waals surface area contributed by atoms with Crippen LogP contribution in [0.3, 0.4) is 0 Å². The fourth-order valence-electron chi connectivity index (χ4n) is 4.07. The van der Waals surface area contributed by atoms with E-state index in [9.17, 15) is 14.4 Å². The topological polar surface area (TPSA) is 76.6 Å². The number of allylic oxidation sites excluding steroid dienone is 1. The Balaban J connectivity index is 1.56. The van der Waals surface area contributed by atoms with Gasteiger partial charge in [-0.1, -0.05) is 43.3 Å². The van der Waals surface area contributed by atoms with E-state index in [-0.39, 0.29) is 24.3 Å². The van der Waals surface area contributed by atoms with E-state index >= 15 is 0 Å². The van der Waals surface area contributed by atoms with Crippen molar-refractivity contribution >= 4 is 28.7 Å². The lowest BCUT2D eigenvalue weighted by Gasteiger charge is -2.30. The zero-order chi connectivity index (χ0) is 19.1. The van der Waals surface area contributed by atoms with Gasteiger partial charge in [0.2, 0.25) is 11.8 Å². The fourth-order valence-corrected chi connectivity index (χ4v) is 4.07. The van der Waals surface area contributed by atoms with Gasteiger partial charge in [-0.15, -0.1) is 0 Å². The number of pyridine rings is 1. The van der Waals surface area contributed by atoms with E-state index in [0.717, 1.165) is 21.4 Å². The van der Waals surface area contributed by atoms with Crippen molar-refractivity contribution in [1.82, 2.24) is 9.88 Å². The number of nitrogens with zero attached hydrogens (tertiary/aromatic N) is 2. The standard InChI is InChI=1S/C21H20N2O4/c1-12-8-9-15-17(20(25)23(2)19(15)24)16(12)21(26)27-11-14-6-3-5-13-7-4-10-22-18(13)14/h3-10,12,15-17H,11H2,1-2H3/t12-,15+,16+,17-/m1/s1. The van der Waals surface area contributed by atoms with E-state index in [1.807, 2.05) is 43.3 Å². The van der Waals surface area contributed by atoms with Crippen LogP contribution in [0.4, 0.5) is 0 Å². The van der Waals surface area contributed by atoms with E-state index < -0.39 is 23.7 Å². The zero-order valence-corrected chi connectivity index (χ0v) is 15.2. The maximum Gasteiger partial charge on any atom is 0.310 e. The number of likely N-dealkylation sites (tertiary alicyclic amines) is 1. The Kier molecular flexibility index (Phi) is 4.26. The Morgan fingerprint density at radius 2 is 1.93 bits per heavy atom. The number of rotatable bonds is 3. The minimum Gasteiger partial charge on any atom is -0.460 e. The van der Waals surface area contributed by atoms with Crippen LogP contribution in [0.2, 0.25) is 0 Å². The molecular formula is C21H20N2O4. The van der Waals surface area contributed by atoms with Crippen molar-refractivity contribution < 1.29 is 19.1 Å². The Hall–Kier alpha value is -3.02. The predicted octanol–water partition coefficient (Wildman–Crippen LogP) is 2.33. The third kappa shape index (κ3) is 2.81. The van der Waals surface area contributed by atoms with Gasteiger partial charge in [0.1, 0.15) is 6.61 Å². The molecule has 4 rings (SSSR count). The second kappa shape index (κ2) is 6.61. The first-order valence-electron chi connectivity index (χ1n) is 8.98. The van der Waals surface area contributed by atoms with Gasteiger partial charge in [-0.2, -0.15) is 0 Å². The Morgan fingerprint density at radius 3 is 2.74 bits per heavy atom. The van der Waals surface area contributed by atoms with Crippen LogP contribution < -0.4 is 0 Å². The Bertz CT molecular complexity index is 962. The lowest BCUT2D eigenvalue weighted by molar-refractivity contribution is -0.157. The number of imide groups is 1. The second-order valence-corrected chi connectivity index (χ2v) is 7.16. The van der Waals surface area contributed by atoms with Crippen molar-refractivity contribution in [3.63, 3.8) is 0 Å². The maximum atomic E-state index is 12.9. The summed E-state index contributed by atoms with van der Waals surface area (Å²) >= 11 is 0. The molecule has 1 aromatic heterocycles. The summed E-state index contributed by atoms with van der Waals surface area (Å²) in [5.41, 5.74) is 1.59.